The van der Waals surface area contributed by atoms with E-state index in [2.05, 4.69) is 6.26 Å². The highest BCUT2D eigenvalue weighted by Gasteiger charge is 2.34. The van der Waals surface area contributed by atoms with Gasteiger partial charge in [0.1, 0.15) is 11.5 Å². The number of fused-ring (bicyclic) bond motifs is 1. The third-order valence-corrected chi connectivity index (χ3v) is 5.46. The van der Waals surface area contributed by atoms with Crippen molar-refractivity contribution in [2.24, 2.45) is 0 Å². The molecule has 0 aromatic heterocycles. The molecule has 0 spiro atoms. The van der Waals surface area contributed by atoms with Crippen LogP contribution < -0.4 is 9.47 Å². The molecule has 0 amide bonds. The van der Waals surface area contributed by atoms with Gasteiger partial charge in [0.05, 0.1) is 14.2 Å². The van der Waals surface area contributed by atoms with Gasteiger partial charge in [-0.15, -0.1) is 0 Å². The number of Topliss-reactive ketones (excluding diaryl/α,β-unsaturated/α-hetero) is 1. The number of methoxy groups -OCH3 is 2. The van der Waals surface area contributed by atoms with E-state index in [4.69, 9.17) is 9.47 Å². The van der Waals surface area contributed by atoms with Gasteiger partial charge in [0.15, 0.2) is 5.78 Å². The van der Waals surface area contributed by atoms with E-state index in [1.165, 1.54) is 0 Å². The molecule has 1 aliphatic carbocycles. The SMILES string of the molecule is COc1ccc(C2CC(SC)c3cc(OC)ccc3C2=O)cc1. The van der Waals surface area contributed by atoms with Crippen molar-refractivity contribution in [3.05, 3.63) is 59.2 Å². The first kappa shape index (κ1) is 15.9. The third kappa shape index (κ3) is 2.95. The Morgan fingerprint density at radius 2 is 1.65 bits per heavy atom. The zero-order valence-electron chi connectivity index (χ0n) is 13.5. The molecule has 2 aromatic carbocycles. The van der Waals surface area contributed by atoms with Gasteiger partial charge in [0.25, 0.3) is 0 Å². The largest absolute Gasteiger partial charge is 0.497 e. The van der Waals surface area contributed by atoms with Crippen molar-refractivity contribution in [3.63, 3.8) is 0 Å². The van der Waals surface area contributed by atoms with Crippen molar-refractivity contribution >= 4 is 17.5 Å². The maximum Gasteiger partial charge on any atom is 0.170 e. The molecule has 2 unspecified atom stereocenters. The Balaban J connectivity index is 1.99. The van der Waals surface area contributed by atoms with E-state index in [1.807, 2.05) is 42.5 Å². The van der Waals surface area contributed by atoms with Crippen LogP contribution in [-0.2, 0) is 0 Å². The Morgan fingerprint density at radius 3 is 2.26 bits per heavy atom. The van der Waals surface area contributed by atoms with E-state index in [1.54, 1.807) is 26.0 Å². The van der Waals surface area contributed by atoms with Crippen LogP contribution >= 0.6 is 11.8 Å². The number of hydrogen-bond donors (Lipinski definition) is 0. The number of ketones is 1. The van der Waals surface area contributed by atoms with Gasteiger partial charge in [-0.25, -0.2) is 0 Å². The summed E-state index contributed by atoms with van der Waals surface area (Å²) >= 11 is 1.78. The highest BCUT2D eigenvalue weighted by Crippen LogP contribution is 2.45. The molecule has 0 heterocycles. The van der Waals surface area contributed by atoms with Crippen molar-refractivity contribution in [2.75, 3.05) is 20.5 Å². The second-order valence-electron chi connectivity index (χ2n) is 5.60. The quantitative estimate of drug-likeness (QED) is 0.829. The van der Waals surface area contributed by atoms with E-state index in [-0.39, 0.29) is 11.7 Å². The first-order valence-electron chi connectivity index (χ1n) is 7.56. The lowest BCUT2D eigenvalue weighted by atomic mass is 9.78. The normalized spacial score (nSPS) is 20.0. The molecular formula is C19H20O3S. The molecular weight excluding hydrogens is 308 g/mol. The standard InChI is InChI=1S/C19H20O3S/c1-21-13-6-4-12(5-7-13)16-11-18(23-3)17-10-14(22-2)8-9-15(17)19(16)20/h4-10,16,18H,11H2,1-3H3. The number of benzene rings is 2. The molecule has 120 valence electrons. The van der Waals surface area contributed by atoms with E-state index in [0.29, 0.717) is 5.25 Å². The van der Waals surface area contributed by atoms with Crippen molar-refractivity contribution in [1.82, 2.24) is 0 Å². The smallest absolute Gasteiger partial charge is 0.170 e. The minimum atomic E-state index is -0.0979. The van der Waals surface area contributed by atoms with E-state index >= 15 is 0 Å². The maximum atomic E-state index is 13.0. The van der Waals surface area contributed by atoms with Crippen molar-refractivity contribution in [2.45, 2.75) is 17.6 Å². The van der Waals surface area contributed by atoms with Crippen LogP contribution in [0.4, 0.5) is 0 Å². The summed E-state index contributed by atoms with van der Waals surface area (Å²) < 4.78 is 10.5. The fraction of sp³-hybridized carbons (Fsp3) is 0.316. The number of carbonyl (C=O) groups excluding carboxylic acids is 1. The summed E-state index contributed by atoms with van der Waals surface area (Å²) in [6.07, 6.45) is 2.90. The summed E-state index contributed by atoms with van der Waals surface area (Å²) in [5.74, 6) is 1.71. The molecule has 0 saturated heterocycles. The van der Waals surface area contributed by atoms with Gasteiger partial charge in [-0.3, -0.25) is 4.79 Å². The van der Waals surface area contributed by atoms with Crippen LogP contribution in [0.2, 0.25) is 0 Å². The highest BCUT2D eigenvalue weighted by atomic mass is 32.2. The number of hydrogen-bond acceptors (Lipinski definition) is 4. The zero-order chi connectivity index (χ0) is 16.4. The lowest BCUT2D eigenvalue weighted by Gasteiger charge is -2.30. The fourth-order valence-electron chi connectivity index (χ4n) is 3.14. The Hall–Kier alpha value is -1.94. The van der Waals surface area contributed by atoms with Gasteiger partial charge in [0, 0.05) is 16.7 Å². The lowest BCUT2D eigenvalue weighted by molar-refractivity contribution is 0.0945. The Morgan fingerprint density at radius 1 is 1.00 bits per heavy atom. The number of ether oxygens (including phenoxy) is 2. The fourth-order valence-corrected chi connectivity index (χ4v) is 3.98. The molecule has 1 aliphatic rings. The minimum absolute atomic E-state index is 0.0979. The molecule has 4 heteroatoms. The average Bonchev–Trinajstić information content (AvgIpc) is 2.62. The summed E-state index contributed by atoms with van der Waals surface area (Å²) in [4.78, 5) is 13.0. The number of rotatable bonds is 4. The Labute approximate surface area is 141 Å². The van der Waals surface area contributed by atoms with Gasteiger partial charge in [-0.2, -0.15) is 11.8 Å². The highest BCUT2D eigenvalue weighted by molar-refractivity contribution is 7.98. The zero-order valence-corrected chi connectivity index (χ0v) is 14.4. The molecule has 0 fully saturated rings. The predicted octanol–water partition coefficient (Wildman–Crippen LogP) is 4.48. The molecule has 0 bridgehead atoms. The maximum absolute atomic E-state index is 13.0. The van der Waals surface area contributed by atoms with Crippen LogP contribution in [0, 0.1) is 0 Å². The third-order valence-electron chi connectivity index (χ3n) is 4.44. The number of carbonyl (C=O) groups is 1. The van der Waals surface area contributed by atoms with Crippen molar-refractivity contribution < 1.29 is 14.3 Å². The summed E-state index contributed by atoms with van der Waals surface area (Å²) in [6.45, 7) is 0. The summed E-state index contributed by atoms with van der Waals surface area (Å²) in [6, 6.07) is 13.6. The predicted molar refractivity (Wildman–Crippen MR) is 93.9 cm³/mol. The summed E-state index contributed by atoms with van der Waals surface area (Å²) in [5.41, 5.74) is 2.96. The van der Waals surface area contributed by atoms with Gasteiger partial charge in [-0.05, 0) is 54.1 Å². The Kier molecular flexibility index (Phi) is 4.62. The first-order chi connectivity index (χ1) is 11.2. The topological polar surface area (TPSA) is 35.5 Å². The van der Waals surface area contributed by atoms with Crippen LogP contribution in [0.3, 0.4) is 0 Å². The van der Waals surface area contributed by atoms with Crippen molar-refractivity contribution in [3.8, 4) is 11.5 Å². The van der Waals surface area contributed by atoms with Gasteiger partial charge < -0.3 is 9.47 Å². The summed E-state index contributed by atoms with van der Waals surface area (Å²) in [5, 5.41) is 0.296. The monoisotopic (exact) mass is 328 g/mol. The second-order valence-corrected chi connectivity index (χ2v) is 6.64. The molecule has 2 aromatic rings. The molecule has 2 atom stereocenters. The summed E-state index contributed by atoms with van der Waals surface area (Å²) in [7, 11) is 3.30. The van der Waals surface area contributed by atoms with Crippen LogP contribution in [0.5, 0.6) is 11.5 Å². The van der Waals surface area contributed by atoms with Gasteiger partial charge in [-0.1, -0.05) is 12.1 Å². The first-order valence-corrected chi connectivity index (χ1v) is 8.85. The van der Waals surface area contributed by atoms with Gasteiger partial charge in [0.2, 0.25) is 0 Å². The van der Waals surface area contributed by atoms with Gasteiger partial charge >= 0.3 is 0 Å². The lowest BCUT2D eigenvalue weighted by Crippen LogP contribution is -2.23. The molecule has 0 saturated carbocycles. The van der Waals surface area contributed by atoms with Crippen LogP contribution in [-0.4, -0.2) is 26.3 Å². The molecule has 3 rings (SSSR count). The Bertz CT molecular complexity index is 709. The van der Waals surface area contributed by atoms with Crippen LogP contribution in [0.25, 0.3) is 0 Å². The molecule has 0 N–H and O–H groups in total. The minimum Gasteiger partial charge on any atom is -0.497 e. The average molecular weight is 328 g/mol. The molecule has 3 nitrogen and oxygen atoms in total. The van der Waals surface area contributed by atoms with Crippen LogP contribution in [0.1, 0.15) is 39.1 Å². The van der Waals surface area contributed by atoms with Crippen LogP contribution in [0.15, 0.2) is 42.5 Å². The van der Waals surface area contributed by atoms with E-state index < -0.39 is 0 Å². The van der Waals surface area contributed by atoms with E-state index in [9.17, 15) is 4.79 Å². The molecule has 0 radical (unpaired) electrons. The molecule has 0 aliphatic heterocycles. The van der Waals surface area contributed by atoms with E-state index in [0.717, 1.165) is 34.6 Å². The number of thioether (sulfide) groups is 1. The molecule has 23 heavy (non-hydrogen) atoms. The van der Waals surface area contributed by atoms with Crippen molar-refractivity contribution in [1.29, 1.82) is 0 Å². The second kappa shape index (κ2) is 6.67.